The average molecular weight is 197 g/mol. The second-order valence-corrected chi connectivity index (χ2v) is 0.805. The first-order chi connectivity index (χ1) is 1.73. The Labute approximate surface area is 78.3 Å². The fourth-order valence-electron chi connectivity index (χ4n) is 0. The molecule has 0 unspecified atom stereocenters. The SMILES string of the molecule is OP(O)O.[AlH3].[GeH4].[H-].[Li+]. The smallest absolute Gasteiger partial charge is 1.00 e. The predicted octanol–water partition coefficient (Wildman–Crippen LogP) is -6.33. The molecule has 0 rings (SSSR count). The van der Waals surface area contributed by atoms with Crippen LogP contribution in [-0.2, 0) is 0 Å². The van der Waals surface area contributed by atoms with Gasteiger partial charge in [0.05, 0.1) is 0 Å². The van der Waals surface area contributed by atoms with Crippen LogP contribution in [-0.4, -0.2) is 49.6 Å². The van der Waals surface area contributed by atoms with Crippen molar-refractivity contribution in [1.82, 2.24) is 0 Å². The number of rotatable bonds is 0. The van der Waals surface area contributed by atoms with Crippen LogP contribution in [0.15, 0.2) is 0 Å². The molecule has 0 aromatic carbocycles. The summed E-state index contributed by atoms with van der Waals surface area (Å²) < 4.78 is 0. The minimum Gasteiger partial charge on any atom is -1.00 e. The quantitative estimate of drug-likeness (QED) is 0.267. The van der Waals surface area contributed by atoms with Gasteiger partial charge in [-0.3, -0.25) is 0 Å². The Kier molecular flexibility index (Phi) is 51.6. The third kappa shape index (κ3) is 72.7. The summed E-state index contributed by atoms with van der Waals surface area (Å²) in [6.45, 7) is 0. The van der Waals surface area contributed by atoms with Crippen LogP contribution in [0, 0.1) is 0 Å². The van der Waals surface area contributed by atoms with Crippen LogP contribution in [0.3, 0.4) is 0 Å². The van der Waals surface area contributed by atoms with Crippen molar-refractivity contribution in [2.24, 2.45) is 0 Å². The van der Waals surface area contributed by atoms with E-state index in [2.05, 4.69) is 0 Å². The van der Waals surface area contributed by atoms with Gasteiger partial charge in [0.1, 0.15) is 0 Å². The van der Waals surface area contributed by atoms with Gasteiger partial charge in [0.25, 0.3) is 0 Å². The molecule has 0 radical (unpaired) electrons. The number of hydrogen-bond acceptors (Lipinski definition) is 3. The van der Waals surface area contributed by atoms with Gasteiger partial charge in [-0.1, -0.05) is 0 Å². The van der Waals surface area contributed by atoms with E-state index in [1.54, 1.807) is 0 Å². The average Bonchev–Trinajstić information content (AvgIpc) is 0.811. The van der Waals surface area contributed by atoms with Crippen LogP contribution in [0.1, 0.15) is 1.43 Å². The Bertz CT molecular complexity index is 24.0. The van der Waals surface area contributed by atoms with Crippen LogP contribution in [0.5, 0.6) is 0 Å². The van der Waals surface area contributed by atoms with Crippen molar-refractivity contribution in [3.8, 4) is 0 Å². The molecule has 0 bridgehead atoms. The van der Waals surface area contributed by atoms with Gasteiger partial charge in [-0.05, 0) is 0 Å². The molecule has 42 valence electrons. The fraction of sp³-hybridized carbons (Fsp3) is 0. The van der Waals surface area contributed by atoms with E-state index in [1.807, 2.05) is 0 Å². The van der Waals surface area contributed by atoms with Crippen molar-refractivity contribution < 1.29 is 35.0 Å². The first-order valence-corrected chi connectivity index (χ1v) is 1.80. The zero-order valence-electron chi connectivity index (χ0n) is 3.79. The largest absolute Gasteiger partial charge is 1.00 e. The molecule has 0 fully saturated rings. The molecule has 7 heteroatoms. The van der Waals surface area contributed by atoms with E-state index in [4.69, 9.17) is 14.7 Å². The molecule has 7 heavy (non-hydrogen) atoms. The van der Waals surface area contributed by atoms with E-state index in [-0.39, 0.29) is 55.2 Å². The first-order valence-electron chi connectivity index (χ1n) is 0.600. The van der Waals surface area contributed by atoms with Crippen LogP contribution in [0.4, 0.5) is 0 Å². The monoisotopic (exact) mass is 198 g/mol. The van der Waals surface area contributed by atoms with Gasteiger partial charge in [0.15, 0.2) is 17.4 Å². The Morgan fingerprint density at radius 3 is 1.14 bits per heavy atom. The Morgan fingerprint density at radius 1 is 1.14 bits per heavy atom. The van der Waals surface area contributed by atoms with Crippen LogP contribution in [0.2, 0.25) is 0 Å². The molecular formula is H11AlGeLiO3P. The molecule has 3 N–H and O–H groups in total. The first kappa shape index (κ1) is 23.1. The molecule has 3 nitrogen and oxygen atoms in total. The van der Waals surface area contributed by atoms with Crippen LogP contribution < -0.4 is 18.9 Å². The molecule has 0 heterocycles. The van der Waals surface area contributed by atoms with E-state index in [1.165, 1.54) is 0 Å². The zero-order valence-corrected chi connectivity index (χ0v) is 3.68. The summed E-state index contributed by atoms with van der Waals surface area (Å²) in [5.41, 5.74) is 0. The van der Waals surface area contributed by atoms with Crippen molar-refractivity contribution in [3.05, 3.63) is 0 Å². The maximum Gasteiger partial charge on any atom is 1.00 e. The topological polar surface area (TPSA) is 60.7 Å². The third-order valence-corrected chi connectivity index (χ3v) is 0. The predicted molar refractivity (Wildman–Crippen MR) is 36.0 cm³/mol. The molecule has 0 aliphatic heterocycles. The standard InChI is InChI=1S/Al.GeH4.Li.H3O3P.4H/c;;;1-4(2)3;;;;/h;1H4;;1-3H;;;;/q;;+1;;;;;-1. The molecule has 0 aromatic rings. The van der Waals surface area contributed by atoms with Crippen molar-refractivity contribution in [1.29, 1.82) is 0 Å². The van der Waals surface area contributed by atoms with Gasteiger partial charge in [0.2, 0.25) is 0 Å². The Balaban J connectivity index is -0.00000000750. The normalized spacial score (nSPS) is 5.14. The van der Waals surface area contributed by atoms with Gasteiger partial charge in [-0.2, -0.15) is 0 Å². The molecule has 0 atom stereocenters. The second-order valence-electron chi connectivity index (χ2n) is 0.268. The summed E-state index contributed by atoms with van der Waals surface area (Å²) in [6.07, 6.45) is 0. The third-order valence-electron chi connectivity index (χ3n) is 0. The van der Waals surface area contributed by atoms with E-state index in [0.717, 1.165) is 0 Å². The summed E-state index contributed by atoms with van der Waals surface area (Å²) in [5, 5.41) is 0. The number of hydrogen-bond donors (Lipinski definition) is 3. The summed E-state index contributed by atoms with van der Waals surface area (Å²) in [6, 6.07) is 0. The minimum absolute atomic E-state index is 0. The van der Waals surface area contributed by atoms with Gasteiger partial charge in [0, 0.05) is 0 Å². The van der Waals surface area contributed by atoms with Gasteiger partial charge in [-0.15, -0.1) is 0 Å². The van der Waals surface area contributed by atoms with Gasteiger partial charge in [-0.25, -0.2) is 0 Å². The van der Waals surface area contributed by atoms with E-state index < -0.39 is 8.60 Å². The van der Waals surface area contributed by atoms with Crippen molar-refractivity contribution in [2.75, 3.05) is 0 Å². The molecule has 0 saturated heterocycles. The van der Waals surface area contributed by atoms with Crippen LogP contribution >= 0.6 is 8.60 Å². The molecule has 0 amide bonds. The Morgan fingerprint density at radius 2 is 1.14 bits per heavy atom. The van der Waals surface area contributed by atoms with Gasteiger partial charge >= 0.3 is 45.1 Å². The molecule has 0 saturated carbocycles. The maximum atomic E-state index is 7.23. The second kappa shape index (κ2) is 15.7. The molecule has 0 aliphatic carbocycles. The molecule has 0 spiro atoms. The van der Waals surface area contributed by atoms with E-state index in [0.29, 0.717) is 0 Å². The molecule has 0 aromatic heterocycles. The maximum absolute atomic E-state index is 7.23. The minimum atomic E-state index is -2.62. The van der Waals surface area contributed by atoms with Crippen molar-refractivity contribution in [2.45, 2.75) is 0 Å². The summed E-state index contributed by atoms with van der Waals surface area (Å²) >= 11 is 0. The van der Waals surface area contributed by atoms with Crippen molar-refractivity contribution >= 4 is 43.6 Å². The van der Waals surface area contributed by atoms with E-state index in [9.17, 15) is 0 Å². The summed E-state index contributed by atoms with van der Waals surface area (Å²) in [7, 11) is -2.62. The summed E-state index contributed by atoms with van der Waals surface area (Å²) in [4.78, 5) is 21.7. The fourth-order valence-corrected chi connectivity index (χ4v) is 0. The Hall–Kier alpha value is 1.98. The molecule has 0 aliphatic rings. The molecular weight excluding hydrogens is 186 g/mol. The summed E-state index contributed by atoms with van der Waals surface area (Å²) in [5.74, 6) is 0. The van der Waals surface area contributed by atoms with E-state index >= 15 is 0 Å². The zero-order chi connectivity index (χ0) is 3.58. The van der Waals surface area contributed by atoms with Crippen molar-refractivity contribution in [3.63, 3.8) is 0 Å². The van der Waals surface area contributed by atoms with Gasteiger partial charge < -0.3 is 16.1 Å². The van der Waals surface area contributed by atoms with Crippen LogP contribution in [0.25, 0.3) is 0 Å².